The van der Waals surface area contributed by atoms with Crippen LogP contribution in [0.1, 0.15) is 30.9 Å². The second-order valence-electron chi connectivity index (χ2n) is 11.9. The first-order chi connectivity index (χ1) is 19.8. The summed E-state index contributed by atoms with van der Waals surface area (Å²) in [6, 6.07) is 39.6. The van der Waals surface area contributed by atoms with Crippen molar-refractivity contribution in [1.29, 1.82) is 0 Å². The Morgan fingerprint density at radius 3 is 2.26 bits per heavy atom. The van der Waals surface area contributed by atoms with E-state index in [1.165, 1.54) is 9.96 Å². The molecule has 2 aromatic heterocycles. The maximum Gasteiger partial charge on any atom is 0 e. The van der Waals surface area contributed by atoms with Crippen molar-refractivity contribution in [1.82, 2.24) is 4.98 Å². The molecule has 213 valence electrons. The maximum atomic E-state index is 6.21. The molecular weight excluding hydrogens is 753 g/mol. The van der Waals surface area contributed by atoms with Crippen molar-refractivity contribution in [3.63, 3.8) is 0 Å². The van der Waals surface area contributed by atoms with Crippen LogP contribution in [0.3, 0.4) is 0 Å². The zero-order valence-corrected chi connectivity index (χ0v) is 29.1. The smallest absolute Gasteiger partial charge is 0 e. The molecule has 42 heavy (non-hydrogen) atoms. The predicted octanol–water partition coefficient (Wildman–Crippen LogP) is 9.35. The van der Waals surface area contributed by atoms with Crippen LogP contribution in [0.5, 0.6) is 0 Å². The second-order valence-corrected chi connectivity index (χ2v) is 22.6. The van der Waals surface area contributed by atoms with E-state index < -0.39 is 13.3 Å². The molecule has 3 nitrogen and oxygen atoms in total. The van der Waals surface area contributed by atoms with E-state index in [1.54, 1.807) is 0 Å². The summed E-state index contributed by atoms with van der Waals surface area (Å²) in [5.74, 6) is 7.86. The summed E-state index contributed by atoms with van der Waals surface area (Å²) in [7, 11) is 0. The van der Waals surface area contributed by atoms with Crippen LogP contribution in [0.2, 0.25) is 17.3 Å². The minimum absolute atomic E-state index is 0. The molecule has 1 unspecified atom stereocenters. The van der Waals surface area contributed by atoms with Crippen molar-refractivity contribution < 1.29 is 24.5 Å². The fraction of sp³-hybridized carbons (Fsp3) is 0.189. The first-order valence-corrected chi connectivity index (χ1v) is 21.6. The summed E-state index contributed by atoms with van der Waals surface area (Å²) in [5, 5.41) is 2.27. The zero-order valence-electron chi connectivity index (χ0n) is 24.6. The van der Waals surface area contributed by atoms with Crippen LogP contribution in [0.25, 0.3) is 33.2 Å². The third-order valence-electron chi connectivity index (χ3n) is 7.68. The van der Waals surface area contributed by atoms with E-state index in [-0.39, 0.29) is 26.0 Å². The van der Waals surface area contributed by atoms with Gasteiger partial charge in [0.05, 0.1) is 11.3 Å². The van der Waals surface area contributed by atoms with Crippen molar-refractivity contribution in [2.24, 2.45) is 10.9 Å². The number of para-hydroxylation sites is 2. The average molecular weight is 788 g/mol. The van der Waals surface area contributed by atoms with Gasteiger partial charge in [-0.05, 0) is 35.2 Å². The number of rotatable bonds is 4. The Hall–Kier alpha value is -3.31. The van der Waals surface area contributed by atoms with E-state index in [4.69, 9.17) is 9.41 Å². The van der Waals surface area contributed by atoms with Crippen LogP contribution < -0.4 is 4.40 Å². The number of aliphatic imine (C=N–C) groups is 1. The molecule has 1 aliphatic heterocycles. The Morgan fingerprint density at radius 1 is 0.786 bits per heavy atom. The maximum absolute atomic E-state index is 6.21. The van der Waals surface area contributed by atoms with Gasteiger partial charge in [0.15, 0.2) is 0 Å². The quantitative estimate of drug-likeness (QED) is 0.132. The Kier molecular flexibility index (Phi) is 8.98. The van der Waals surface area contributed by atoms with E-state index in [9.17, 15) is 0 Å². The van der Waals surface area contributed by atoms with Crippen LogP contribution in [0.4, 0.5) is 5.69 Å². The molecule has 0 fully saturated rings. The summed E-state index contributed by atoms with van der Waals surface area (Å²) in [6.45, 7) is 4.50. The van der Waals surface area contributed by atoms with Gasteiger partial charge < -0.3 is 9.41 Å². The van der Waals surface area contributed by atoms with Crippen molar-refractivity contribution in [2.75, 3.05) is 0 Å². The fourth-order valence-corrected chi connectivity index (χ4v) is 7.69. The number of furan rings is 1. The molecule has 1 radical (unpaired) electrons. The van der Waals surface area contributed by atoms with Crippen molar-refractivity contribution in [3.05, 3.63) is 127 Å². The van der Waals surface area contributed by atoms with E-state index in [0.717, 1.165) is 50.2 Å². The summed E-state index contributed by atoms with van der Waals surface area (Å²) in [4.78, 5) is 9.50. The van der Waals surface area contributed by atoms with E-state index in [1.807, 2.05) is 60.8 Å². The van der Waals surface area contributed by atoms with Gasteiger partial charge in [-0.2, -0.15) is 0 Å². The van der Waals surface area contributed by atoms with Crippen molar-refractivity contribution in [2.45, 2.75) is 37.0 Å². The molecule has 0 spiro atoms. The minimum Gasteiger partial charge on any atom is 0 e. The molecule has 0 saturated carbocycles. The Morgan fingerprint density at radius 2 is 1.55 bits per heavy atom. The van der Waals surface area contributed by atoms with Crippen LogP contribution in [-0.2, 0) is 20.1 Å². The second kappa shape index (κ2) is 12.5. The summed E-state index contributed by atoms with van der Waals surface area (Å²) in [6.07, 6.45) is 2.04. The van der Waals surface area contributed by atoms with Crippen LogP contribution in [0.15, 0.2) is 113 Å². The van der Waals surface area contributed by atoms with Gasteiger partial charge in [-0.15, -0.1) is 18.2 Å². The standard InChI is InChI=1S/C23H18NO.C14H16GeN.Ir/c1-14(2)21-17-9-3-5-12-19(17)24-22(21)18-11-7-10-16-15-8-4-6-13-20(15)25-23(16)18;1-15(2,3)13-9-10-14(16-11-13)12-7-5-4-6-8-12;/h3-10,12-14,21H,1-2H3;4-7,9-11H,1-3H3;/q2*-1;. The largest absolute Gasteiger partial charge is 0 e. The van der Waals surface area contributed by atoms with Crippen molar-refractivity contribution in [3.8, 4) is 11.3 Å². The first-order valence-electron chi connectivity index (χ1n) is 14.2. The summed E-state index contributed by atoms with van der Waals surface area (Å²) in [5.41, 5.74) is 8.30. The number of hydrogen-bond donors (Lipinski definition) is 0. The fourth-order valence-electron chi connectivity index (χ4n) is 5.52. The van der Waals surface area contributed by atoms with Gasteiger partial charge in [0, 0.05) is 25.5 Å². The third kappa shape index (κ3) is 5.94. The third-order valence-corrected chi connectivity index (χ3v) is 11.9. The number of hydrogen-bond acceptors (Lipinski definition) is 3. The first kappa shape index (κ1) is 30.2. The molecule has 5 heteroatoms. The number of nitrogens with zero attached hydrogens (tertiary/aromatic N) is 2. The Labute approximate surface area is 264 Å². The molecule has 1 atom stereocenters. The molecule has 1 aliphatic rings. The summed E-state index contributed by atoms with van der Waals surface area (Å²) < 4.78 is 7.65. The molecule has 0 saturated heterocycles. The molecule has 0 N–H and O–H groups in total. The van der Waals surface area contributed by atoms with Gasteiger partial charge in [0.1, 0.15) is 5.58 Å². The molecule has 6 aromatic rings. The average Bonchev–Trinajstić information content (AvgIpc) is 3.56. The molecule has 4 aromatic carbocycles. The van der Waals surface area contributed by atoms with Crippen molar-refractivity contribution >= 4 is 51.0 Å². The van der Waals surface area contributed by atoms with E-state index in [0.29, 0.717) is 5.92 Å². The normalized spacial score (nSPS) is 14.2. The molecular formula is C37H34GeIrN2O-2. The van der Waals surface area contributed by atoms with Gasteiger partial charge in [0.2, 0.25) is 0 Å². The Balaban J connectivity index is 0.000000181. The number of aromatic nitrogens is 1. The van der Waals surface area contributed by atoms with Crippen LogP contribution in [-0.4, -0.2) is 24.0 Å². The number of benzene rings is 4. The topological polar surface area (TPSA) is 38.4 Å². The van der Waals surface area contributed by atoms with E-state index >= 15 is 0 Å². The summed E-state index contributed by atoms with van der Waals surface area (Å²) >= 11 is -1.72. The molecule has 0 aliphatic carbocycles. The molecule has 0 bridgehead atoms. The molecule has 7 rings (SSSR count). The van der Waals surface area contributed by atoms with Gasteiger partial charge in [-0.25, -0.2) is 0 Å². The zero-order chi connectivity index (χ0) is 28.6. The van der Waals surface area contributed by atoms with Gasteiger partial charge >= 0.3 is 99.8 Å². The molecule has 3 heterocycles. The predicted molar refractivity (Wildman–Crippen MR) is 174 cm³/mol. The van der Waals surface area contributed by atoms with Crippen LogP contribution in [0, 0.1) is 18.1 Å². The van der Waals surface area contributed by atoms with Crippen LogP contribution >= 0.6 is 0 Å². The van der Waals surface area contributed by atoms with Gasteiger partial charge in [0.25, 0.3) is 0 Å². The number of pyridine rings is 1. The van der Waals surface area contributed by atoms with Gasteiger partial charge in [-0.1, -0.05) is 61.2 Å². The molecule has 0 amide bonds. The number of fused-ring (bicyclic) bond motifs is 4. The Bertz CT molecular complexity index is 1850. The van der Waals surface area contributed by atoms with E-state index in [2.05, 4.69) is 90.7 Å². The monoisotopic (exact) mass is 789 g/mol. The minimum atomic E-state index is -1.72. The SMILES string of the molecule is CC(C)C1C(c2[c-]ccc3c2oc2ccccc23)=Nc2ccccc21.[CH3][Ge]([CH3])([CH3])[c]1ccc(-c2[c-]cccc2)nc1.[Ir]. The van der Waals surface area contributed by atoms with Gasteiger partial charge in [-0.3, -0.25) is 0 Å².